The van der Waals surface area contributed by atoms with Gasteiger partial charge in [-0.05, 0) is 31.6 Å². The molecule has 1 rings (SSSR count). The second-order valence-electron chi connectivity index (χ2n) is 3.90. The fraction of sp³-hybridized carbons (Fsp3) is 1.00. The summed E-state index contributed by atoms with van der Waals surface area (Å²) in [6.45, 7) is 4.76. The van der Waals surface area contributed by atoms with Gasteiger partial charge in [-0.2, -0.15) is 11.8 Å². The first-order valence-corrected chi connectivity index (χ1v) is 6.80. The van der Waals surface area contributed by atoms with E-state index in [0.717, 1.165) is 5.25 Å². The second kappa shape index (κ2) is 7.69. The summed E-state index contributed by atoms with van der Waals surface area (Å²) in [6.07, 6.45) is 8.42. The van der Waals surface area contributed by atoms with Crippen molar-refractivity contribution in [1.29, 1.82) is 0 Å². The Morgan fingerprint density at radius 2 is 2.23 bits per heavy atom. The van der Waals surface area contributed by atoms with E-state index in [-0.39, 0.29) is 0 Å². The Morgan fingerprint density at radius 3 is 3.08 bits per heavy atom. The molecule has 2 heteroatoms. The van der Waals surface area contributed by atoms with Crippen LogP contribution >= 0.6 is 11.8 Å². The highest BCUT2D eigenvalue weighted by Crippen LogP contribution is 2.20. The second-order valence-corrected chi connectivity index (χ2v) is 5.31. The van der Waals surface area contributed by atoms with Crippen molar-refractivity contribution < 1.29 is 0 Å². The Labute approximate surface area is 87.1 Å². The molecule has 1 N–H and O–H groups in total. The number of hydrogen-bond donors (Lipinski definition) is 1. The van der Waals surface area contributed by atoms with Crippen molar-refractivity contribution in [3.05, 3.63) is 0 Å². The molecule has 1 unspecified atom stereocenters. The third-order valence-corrected chi connectivity index (χ3v) is 4.00. The summed E-state index contributed by atoms with van der Waals surface area (Å²) in [5, 5.41) is 4.42. The van der Waals surface area contributed by atoms with Crippen LogP contribution in [0.3, 0.4) is 0 Å². The van der Waals surface area contributed by atoms with Crippen molar-refractivity contribution in [3.63, 3.8) is 0 Å². The molecule has 1 aliphatic rings. The lowest BCUT2D eigenvalue weighted by molar-refractivity contribution is 0.706. The van der Waals surface area contributed by atoms with Crippen LogP contribution in [0.25, 0.3) is 0 Å². The van der Waals surface area contributed by atoms with E-state index in [1.807, 2.05) is 0 Å². The molecule has 1 fully saturated rings. The zero-order chi connectivity index (χ0) is 9.36. The van der Waals surface area contributed by atoms with Gasteiger partial charge in [0.05, 0.1) is 0 Å². The summed E-state index contributed by atoms with van der Waals surface area (Å²) in [6, 6.07) is 0. The van der Waals surface area contributed by atoms with E-state index in [1.165, 1.54) is 57.4 Å². The largest absolute Gasteiger partial charge is 0.316 e. The number of rotatable bonds is 5. The van der Waals surface area contributed by atoms with Crippen LogP contribution in [0.5, 0.6) is 0 Å². The molecule has 0 spiro atoms. The predicted octanol–water partition coefficient (Wildman–Crippen LogP) is 3.05. The van der Waals surface area contributed by atoms with Gasteiger partial charge < -0.3 is 5.32 Å². The smallest absolute Gasteiger partial charge is 0.0172 e. The highest BCUT2D eigenvalue weighted by Gasteiger charge is 2.10. The Balaban J connectivity index is 1.98. The van der Waals surface area contributed by atoms with E-state index in [2.05, 4.69) is 24.0 Å². The molecular weight excluding hydrogens is 178 g/mol. The van der Waals surface area contributed by atoms with Crippen molar-refractivity contribution in [1.82, 2.24) is 5.32 Å². The molecule has 0 amide bonds. The highest BCUT2D eigenvalue weighted by atomic mass is 32.2. The average Bonchev–Trinajstić information content (AvgIpc) is 2.41. The Kier molecular flexibility index (Phi) is 6.73. The molecule has 0 aromatic carbocycles. The zero-order valence-corrected chi connectivity index (χ0v) is 9.67. The molecule has 0 aliphatic carbocycles. The van der Waals surface area contributed by atoms with E-state index in [0.29, 0.717) is 0 Å². The molecule has 0 saturated carbocycles. The summed E-state index contributed by atoms with van der Waals surface area (Å²) >= 11 is 2.19. The minimum atomic E-state index is 0.902. The van der Waals surface area contributed by atoms with Crippen LogP contribution in [0.1, 0.15) is 45.4 Å². The normalized spacial score (nSPS) is 24.2. The van der Waals surface area contributed by atoms with Crippen LogP contribution in [0.4, 0.5) is 0 Å². The molecule has 0 aromatic rings. The van der Waals surface area contributed by atoms with E-state index in [9.17, 15) is 0 Å². The monoisotopic (exact) mass is 201 g/mol. The molecule has 78 valence electrons. The molecule has 13 heavy (non-hydrogen) atoms. The van der Waals surface area contributed by atoms with Crippen LogP contribution in [0, 0.1) is 0 Å². The minimum Gasteiger partial charge on any atom is -0.316 e. The molecule has 0 radical (unpaired) electrons. The SMILES string of the molecule is CCCCCSC1CCCCNC1. The zero-order valence-electron chi connectivity index (χ0n) is 8.85. The predicted molar refractivity (Wildman–Crippen MR) is 62.5 cm³/mol. The summed E-state index contributed by atoms with van der Waals surface area (Å²) in [5.41, 5.74) is 0. The maximum atomic E-state index is 3.52. The van der Waals surface area contributed by atoms with Gasteiger partial charge in [0, 0.05) is 11.8 Å². The van der Waals surface area contributed by atoms with Gasteiger partial charge in [-0.3, -0.25) is 0 Å². The molecule has 1 heterocycles. The van der Waals surface area contributed by atoms with Gasteiger partial charge in [0.1, 0.15) is 0 Å². The lowest BCUT2D eigenvalue weighted by Crippen LogP contribution is -2.22. The third-order valence-electron chi connectivity index (χ3n) is 2.60. The molecule has 1 nitrogen and oxygen atoms in total. The van der Waals surface area contributed by atoms with Crippen molar-refractivity contribution in [2.24, 2.45) is 0 Å². The fourth-order valence-electron chi connectivity index (χ4n) is 1.73. The average molecular weight is 201 g/mol. The van der Waals surface area contributed by atoms with E-state index < -0.39 is 0 Å². The fourth-order valence-corrected chi connectivity index (χ4v) is 3.00. The third kappa shape index (κ3) is 5.58. The molecule has 1 atom stereocenters. The maximum Gasteiger partial charge on any atom is 0.0172 e. The number of unbranched alkanes of at least 4 members (excludes halogenated alkanes) is 2. The number of nitrogens with one attached hydrogen (secondary N) is 1. The van der Waals surface area contributed by atoms with Crippen LogP contribution < -0.4 is 5.32 Å². The van der Waals surface area contributed by atoms with Gasteiger partial charge in [0.15, 0.2) is 0 Å². The summed E-state index contributed by atoms with van der Waals surface area (Å²) in [4.78, 5) is 0. The lowest BCUT2D eigenvalue weighted by Gasteiger charge is -2.13. The molecule has 0 aromatic heterocycles. The van der Waals surface area contributed by atoms with Gasteiger partial charge in [0.25, 0.3) is 0 Å². The van der Waals surface area contributed by atoms with E-state index in [4.69, 9.17) is 0 Å². The number of hydrogen-bond acceptors (Lipinski definition) is 2. The van der Waals surface area contributed by atoms with Crippen molar-refractivity contribution in [2.45, 2.75) is 50.7 Å². The van der Waals surface area contributed by atoms with Crippen LogP contribution in [0.2, 0.25) is 0 Å². The quantitative estimate of drug-likeness (QED) is 0.686. The van der Waals surface area contributed by atoms with Gasteiger partial charge in [-0.15, -0.1) is 0 Å². The van der Waals surface area contributed by atoms with Crippen LogP contribution in [-0.4, -0.2) is 24.1 Å². The van der Waals surface area contributed by atoms with Gasteiger partial charge in [-0.1, -0.05) is 26.2 Å². The Bertz CT molecular complexity index is 109. The number of thioether (sulfide) groups is 1. The first kappa shape index (κ1) is 11.4. The summed E-state index contributed by atoms with van der Waals surface area (Å²) in [7, 11) is 0. The Hall–Kier alpha value is 0.310. The van der Waals surface area contributed by atoms with Gasteiger partial charge in [-0.25, -0.2) is 0 Å². The summed E-state index contributed by atoms with van der Waals surface area (Å²) < 4.78 is 0. The standard InChI is InChI=1S/C11H23NS/c1-2-3-6-9-13-11-7-4-5-8-12-10-11/h11-12H,2-10H2,1H3. The van der Waals surface area contributed by atoms with Crippen LogP contribution in [-0.2, 0) is 0 Å². The summed E-state index contributed by atoms with van der Waals surface area (Å²) in [5.74, 6) is 1.38. The Morgan fingerprint density at radius 1 is 1.31 bits per heavy atom. The molecule has 1 aliphatic heterocycles. The lowest BCUT2D eigenvalue weighted by atomic mass is 10.2. The maximum absolute atomic E-state index is 3.52. The molecule has 0 bridgehead atoms. The van der Waals surface area contributed by atoms with E-state index >= 15 is 0 Å². The van der Waals surface area contributed by atoms with Crippen LogP contribution in [0.15, 0.2) is 0 Å². The molecular formula is C11H23NS. The minimum absolute atomic E-state index is 0.902. The van der Waals surface area contributed by atoms with Crippen molar-refractivity contribution in [2.75, 3.05) is 18.8 Å². The van der Waals surface area contributed by atoms with Gasteiger partial charge >= 0.3 is 0 Å². The van der Waals surface area contributed by atoms with Gasteiger partial charge in [0.2, 0.25) is 0 Å². The van der Waals surface area contributed by atoms with E-state index in [1.54, 1.807) is 0 Å². The first-order chi connectivity index (χ1) is 6.43. The van der Waals surface area contributed by atoms with Crippen molar-refractivity contribution in [3.8, 4) is 0 Å². The van der Waals surface area contributed by atoms with Crippen molar-refractivity contribution >= 4 is 11.8 Å². The topological polar surface area (TPSA) is 12.0 Å². The molecule has 1 saturated heterocycles. The first-order valence-electron chi connectivity index (χ1n) is 5.76. The highest BCUT2D eigenvalue weighted by molar-refractivity contribution is 7.99.